The minimum Gasteiger partial charge on any atom is -0.378 e. The van der Waals surface area contributed by atoms with Crippen molar-refractivity contribution < 1.29 is 0 Å². The van der Waals surface area contributed by atoms with Crippen LogP contribution >= 0.6 is 24.0 Å². The summed E-state index contributed by atoms with van der Waals surface area (Å²) in [5.74, 6) is 1.08. The van der Waals surface area contributed by atoms with E-state index in [1.165, 1.54) is 5.69 Å². The number of aliphatic imine (C=N–C) groups is 1. The number of anilines is 1. The van der Waals surface area contributed by atoms with Gasteiger partial charge in [-0.05, 0) is 23.6 Å². The first-order valence-electron chi connectivity index (χ1n) is 6.29. The predicted octanol–water partition coefficient (Wildman–Crippen LogP) is 2.43. The number of hydrogen-bond acceptors (Lipinski definition) is 2. The van der Waals surface area contributed by atoms with Crippen LogP contribution in [0.15, 0.2) is 29.3 Å². The Balaban J connectivity index is 0.00000324. The van der Waals surface area contributed by atoms with Crippen molar-refractivity contribution in [3.05, 3.63) is 29.8 Å². The lowest BCUT2D eigenvalue weighted by atomic mass is 10.2. The highest BCUT2D eigenvalue weighted by Crippen LogP contribution is 2.12. The normalized spacial score (nSPS) is 11.1. The molecule has 0 unspecified atom stereocenters. The Bertz CT molecular complexity index is 385. The molecule has 1 rings (SSSR count). The summed E-state index contributed by atoms with van der Waals surface area (Å²) in [6, 6.07) is 8.33. The molecule has 0 heterocycles. The second-order valence-corrected chi connectivity index (χ2v) is 5.04. The van der Waals surface area contributed by atoms with Gasteiger partial charge in [-0.2, -0.15) is 0 Å². The molecule has 19 heavy (non-hydrogen) atoms. The summed E-state index contributed by atoms with van der Waals surface area (Å²) in [6.45, 7) is 5.75. The van der Waals surface area contributed by atoms with Gasteiger partial charge in [-0.3, -0.25) is 0 Å². The van der Waals surface area contributed by atoms with Gasteiger partial charge in [0.2, 0.25) is 0 Å². The van der Waals surface area contributed by atoms with Crippen LogP contribution in [0.1, 0.15) is 19.4 Å². The van der Waals surface area contributed by atoms with E-state index in [1.807, 2.05) is 14.1 Å². The van der Waals surface area contributed by atoms with Gasteiger partial charge in [-0.1, -0.05) is 26.0 Å². The number of halogens is 1. The molecule has 5 heteroatoms. The van der Waals surface area contributed by atoms with Crippen LogP contribution in [-0.2, 0) is 6.54 Å². The number of hydrogen-bond donors (Lipinski definition) is 2. The molecular formula is C14H25IN4. The minimum absolute atomic E-state index is 0. The molecule has 0 saturated heterocycles. The number of nitrogens with two attached hydrogens (primary N) is 1. The Labute approximate surface area is 133 Å². The molecular weight excluding hydrogens is 351 g/mol. The van der Waals surface area contributed by atoms with Crippen LogP contribution in [-0.4, -0.2) is 26.6 Å². The summed E-state index contributed by atoms with van der Waals surface area (Å²) in [7, 11) is 4.06. The van der Waals surface area contributed by atoms with Crippen molar-refractivity contribution in [1.29, 1.82) is 0 Å². The quantitative estimate of drug-likeness (QED) is 0.472. The molecule has 0 amide bonds. The Kier molecular flexibility index (Phi) is 8.54. The van der Waals surface area contributed by atoms with Crippen molar-refractivity contribution in [3.8, 4) is 0 Å². The molecule has 1 aromatic carbocycles. The number of benzene rings is 1. The van der Waals surface area contributed by atoms with Crippen molar-refractivity contribution in [3.63, 3.8) is 0 Å². The Morgan fingerprint density at radius 2 is 1.84 bits per heavy atom. The number of nitrogens with one attached hydrogen (secondary N) is 1. The van der Waals surface area contributed by atoms with Gasteiger partial charge in [0, 0.05) is 26.3 Å². The highest BCUT2D eigenvalue weighted by molar-refractivity contribution is 14.0. The topological polar surface area (TPSA) is 53.6 Å². The van der Waals surface area contributed by atoms with Gasteiger partial charge in [0.05, 0.1) is 6.54 Å². The summed E-state index contributed by atoms with van der Waals surface area (Å²) in [5, 5.41) is 3.10. The van der Waals surface area contributed by atoms with Crippen LogP contribution in [0.3, 0.4) is 0 Å². The van der Waals surface area contributed by atoms with Gasteiger partial charge in [-0.15, -0.1) is 24.0 Å². The predicted molar refractivity (Wildman–Crippen MR) is 94.4 cm³/mol. The Morgan fingerprint density at radius 3 is 2.32 bits per heavy atom. The lowest BCUT2D eigenvalue weighted by Gasteiger charge is -2.12. The maximum absolute atomic E-state index is 5.78. The molecule has 0 aliphatic heterocycles. The maximum atomic E-state index is 5.78. The van der Waals surface area contributed by atoms with E-state index in [9.17, 15) is 0 Å². The van der Waals surface area contributed by atoms with Crippen molar-refractivity contribution in [2.24, 2.45) is 16.6 Å². The number of nitrogens with zero attached hydrogens (tertiary/aromatic N) is 2. The van der Waals surface area contributed by atoms with Gasteiger partial charge in [-0.25, -0.2) is 4.99 Å². The molecule has 4 nitrogen and oxygen atoms in total. The summed E-state index contributed by atoms with van der Waals surface area (Å²) < 4.78 is 0. The van der Waals surface area contributed by atoms with E-state index >= 15 is 0 Å². The van der Waals surface area contributed by atoms with Crippen LogP contribution in [0.4, 0.5) is 5.69 Å². The van der Waals surface area contributed by atoms with E-state index in [2.05, 4.69) is 53.3 Å². The fourth-order valence-electron chi connectivity index (χ4n) is 1.44. The largest absolute Gasteiger partial charge is 0.378 e. The fourth-order valence-corrected chi connectivity index (χ4v) is 1.44. The van der Waals surface area contributed by atoms with E-state index < -0.39 is 0 Å². The third-order valence-electron chi connectivity index (χ3n) is 2.58. The summed E-state index contributed by atoms with van der Waals surface area (Å²) in [4.78, 5) is 6.39. The van der Waals surface area contributed by atoms with Gasteiger partial charge < -0.3 is 16.0 Å². The molecule has 0 bridgehead atoms. The first-order chi connectivity index (χ1) is 8.49. The van der Waals surface area contributed by atoms with Crippen molar-refractivity contribution in [1.82, 2.24) is 5.32 Å². The zero-order chi connectivity index (χ0) is 13.5. The van der Waals surface area contributed by atoms with Crippen LogP contribution in [0, 0.1) is 5.92 Å². The van der Waals surface area contributed by atoms with Gasteiger partial charge >= 0.3 is 0 Å². The highest BCUT2D eigenvalue weighted by Gasteiger charge is 1.97. The molecule has 0 atom stereocenters. The molecule has 0 fully saturated rings. The molecule has 0 radical (unpaired) electrons. The van der Waals surface area contributed by atoms with Crippen molar-refractivity contribution in [2.75, 3.05) is 25.5 Å². The summed E-state index contributed by atoms with van der Waals surface area (Å²) in [5.41, 5.74) is 8.13. The SMILES string of the molecule is CC(C)CNC(N)=NCc1ccc(N(C)C)cc1.I. The van der Waals surface area contributed by atoms with Crippen LogP contribution in [0.25, 0.3) is 0 Å². The summed E-state index contributed by atoms with van der Waals surface area (Å²) in [6.07, 6.45) is 0. The zero-order valence-corrected chi connectivity index (χ0v) is 14.5. The van der Waals surface area contributed by atoms with E-state index in [1.54, 1.807) is 0 Å². The second kappa shape index (κ2) is 9.01. The monoisotopic (exact) mass is 376 g/mol. The van der Waals surface area contributed by atoms with Crippen LogP contribution < -0.4 is 16.0 Å². The van der Waals surface area contributed by atoms with Gasteiger partial charge in [0.25, 0.3) is 0 Å². The van der Waals surface area contributed by atoms with Crippen molar-refractivity contribution in [2.45, 2.75) is 20.4 Å². The average molecular weight is 376 g/mol. The van der Waals surface area contributed by atoms with Gasteiger partial charge in [0.1, 0.15) is 0 Å². The number of rotatable bonds is 5. The van der Waals surface area contributed by atoms with Crippen molar-refractivity contribution >= 4 is 35.6 Å². The molecule has 1 aromatic rings. The van der Waals surface area contributed by atoms with Crippen LogP contribution in [0.5, 0.6) is 0 Å². The smallest absolute Gasteiger partial charge is 0.188 e. The summed E-state index contributed by atoms with van der Waals surface area (Å²) >= 11 is 0. The molecule has 0 aliphatic rings. The molecule has 3 N–H and O–H groups in total. The first-order valence-corrected chi connectivity index (χ1v) is 6.29. The standard InChI is InChI=1S/C14H24N4.HI/c1-11(2)9-16-14(15)17-10-12-5-7-13(8-6-12)18(3)4;/h5-8,11H,9-10H2,1-4H3,(H3,15,16,17);1H. The van der Waals surface area contributed by atoms with E-state index in [0.29, 0.717) is 18.4 Å². The lowest BCUT2D eigenvalue weighted by molar-refractivity contribution is 0.622. The molecule has 0 aliphatic carbocycles. The molecule has 108 valence electrons. The number of guanidine groups is 1. The molecule has 0 saturated carbocycles. The third-order valence-corrected chi connectivity index (χ3v) is 2.58. The molecule has 0 aromatic heterocycles. The average Bonchev–Trinajstić information content (AvgIpc) is 2.34. The molecule has 0 spiro atoms. The zero-order valence-electron chi connectivity index (χ0n) is 12.2. The fraction of sp³-hybridized carbons (Fsp3) is 0.500. The van der Waals surface area contributed by atoms with E-state index in [4.69, 9.17) is 5.73 Å². The minimum atomic E-state index is 0. The lowest BCUT2D eigenvalue weighted by Crippen LogP contribution is -2.34. The second-order valence-electron chi connectivity index (χ2n) is 5.04. The van der Waals surface area contributed by atoms with E-state index in [-0.39, 0.29) is 24.0 Å². The third kappa shape index (κ3) is 7.25. The first kappa shape index (κ1) is 18.0. The van der Waals surface area contributed by atoms with Gasteiger partial charge in [0.15, 0.2) is 5.96 Å². The highest BCUT2D eigenvalue weighted by atomic mass is 127. The maximum Gasteiger partial charge on any atom is 0.188 e. The Hall–Kier alpha value is -0.980. The Morgan fingerprint density at radius 1 is 1.26 bits per heavy atom. The van der Waals surface area contributed by atoms with Crippen LogP contribution in [0.2, 0.25) is 0 Å². The van der Waals surface area contributed by atoms with E-state index in [0.717, 1.165) is 12.1 Å².